The summed E-state index contributed by atoms with van der Waals surface area (Å²) >= 11 is 18.1. The van der Waals surface area contributed by atoms with Crippen LogP contribution in [0.3, 0.4) is 0 Å². The minimum atomic E-state index is -3.81. The fourth-order valence-electron chi connectivity index (χ4n) is 3.36. The molecule has 7 nitrogen and oxygen atoms in total. The van der Waals surface area contributed by atoms with Crippen molar-refractivity contribution >= 4 is 62.3 Å². The van der Waals surface area contributed by atoms with Crippen molar-refractivity contribution in [2.24, 2.45) is 0 Å². The summed E-state index contributed by atoms with van der Waals surface area (Å²) in [6, 6.07) is 10.1. The van der Waals surface area contributed by atoms with Gasteiger partial charge in [-0.1, -0.05) is 47.8 Å². The quantitative estimate of drug-likeness (QED) is 0.464. The van der Waals surface area contributed by atoms with Crippen molar-refractivity contribution in [3.05, 3.63) is 63.1 Å². The van der Waals surface area contributed by atoms with Gasteiger partial charge in [-0.05, 0) is 62.2 Å². The second kappa shape index (κ2) is 12.1. The summed E-state index contributed by atoms with van der Waals surface area (Å²) in [7, 11) is -3.81. The Balaban J connectivity index is 2.45. The maximum Gasteiger partial charge on any atom is 0.244 e. The molecule has 0 fully saturated rings. The third-order valence-corrected chi connectivity index (χ3v) is 7.08. The lowest BCUT2D eigenvalue weighted by Crippen LogP contribution is -2.53. The topological polar surface area (TPSA) is 86.8 Å². The van der Waals surface area contributed by atoms with E-state index in [2.05, 4.69) is 5.32 Å². The van der Waals surface area contributed by atoms with E-state index in [-0.39, 0.29) is 24.2 Å². The predicted octanol–water partition coefficient (Wildman–Crippen LogP) is 4.74. The monoisotopic (exact) mass is 547 g/mol. The first kappa shape index (κ1) is 28.2. The Kier molecular flexibility index (Phi) is 10.1. The number of amides is 2. The average molecular weight is 549 g/mol. The van der Waals surface area contributed by atoms with Crippen molar-refractivity contribution in [3.8, 4) is 0 Å². The third kappa shape index (κ3) is 7.77. The molecule has 1 atom stereocenters. The first-order valence-corrected chi connectivity index (χ1v) is 13.6. The summed E-state index contributed by atoms with van der Waals surface area (Å²) in [4.78, 5) is 27.8. The molecule has 2 aromatic carbocycles. The number of halogens is 3. The van der Waals surface area contributed by atoms with Crippen LogP contribution >= 0.6 is 34.8 Å². The van der Waals surface area contributed by atoms with Crippen LogP contribution in [0.25, 0.3) is 0 Å². The van der Waals surface area contributed by atoms with E-state index in [0.29, 0.717) is 27.1 Å². The van der Waals surface area contributed by atoms with Gasteiger partial charge in [-0.2, -0.15) is 0 Å². The maximum atomic E-state index is 13.5. The molecule has 2 amide bonds. The molecule has 0 heterocycles. The standard InChI is InChI=1S/C23H28Cl3N3O4S/c1-5-21(23(31)27-15(2)3)28(13-16-6-11-19(25)20(26)12-16)22(30)14-29(34(4,32)33)18-9-7-17(24)8-10-18/h6-12,15,21H,5,13-14H2,1-4H3,(H,27,31)/t21-/m0/s1. The van der Waals surface area contributed by atoms with E-state index >= 15 is 0 Å². The average Bonchev–Trinajstić information content (AvgIpc) is 2.73. The summed E-state index contributed by atoms with van der Waals surface area (Å²) in [6.07, 6.45) is 1.34. The number of rotatable bonds is 10. The van der Waals surface area contributed by atoms with Crippen LogP contribution in [-0.4, -0.2) is 50.0 Å². The number of anilines is 1. The fourth-order valence-corrected chi connectivity index (χ4v) is 4.65. The number of sulfonamides is 1. The summed E-state index contributed by atoms with van der Waals surface area (Å²) in [5.41, 5.74) is 0.936. The Bertz CT molecular complexity index is 1120. The lowest BCUT2D eigenvalue weighted by molar-refractivity contribution is -0.140. The van der Waals surface area contributed by atoms with E-state index in [4.69, 9.17) is 34.8 Å². The molecule has 0 saturated heterocycles. The van der Waals surface area contributed by atoms with Gasteiger partial charge in [0, 0.05) is 17.6 Å². The normalized spacial score (nSPS) is 12.4. The van der Waals surface area contributed by atoms with Gasteiger partial charge in [0.1, 0.15) is 12.6 Å². The number of hydrogen-bond donors (Lipinski definition) is 1. The van der Waals surface area contributed by atoms with Crippen molar-refractivity contribution in [3.63, 3.8) is 0 Å². The lowest BCUT2D eigenvalue weighted by atomic mass is 10.1. The lowest BCUT2D eigenvalue weighted by Gasteiger charge is -2.33. The van der Waals surface area contributed by atoms with E-state index in [0.717, 1.165) is 10.6 Å². The molecule has 0 bridgehead atoms. The van der Waals surface area contributed by atoms with E-state index in [1.54, 1.807) is 25.1 Å². The Morgan fingerprint density at radius 2 is 1.62 bits per heavy atom. The van der Waals surface area contributed by atoms with E-state index in [1.807, 2.05) is 13.8 Å². The fraction of sp³-hybridized carbons (Fsp3) is 0.391. The van der Waals surface area contributed by atoms with Gasteiger partial charge in [0.2, 0.25) is 21.8 Å². The Morgan fingerprint density at radius 3 is 2.12 bits per heavy atom. The van der Waals surface area contributed by atoms with Crippen LogP contribution in [0.15, 0.2) is 42.5 Å². The molecule has 0 aliphatic heterocycles. The summed E-state index contributed by atoms with van der Waals surface area (Å²) < 4.78 is 26.1. The highest BCUT2D eigenvalue weighted by Crippen LogP contribution is 2.25. The molecule has 186 valence electrons. The molecular weight excluding hydrogens is 521 g/mol. The van der Waals surface area contributed by atoms with Crippen LogP contribution in [-0.2, 0) is 26.2 Å². The smallest absolute Gasteiger partial charge is 0.244 e. The van der Waals surface area contributed by atoms with E-state index in [9.17, 15) is 18.0 Å². The number of carbonyl (C=O) groups is 2. The van der Waals surface area contributed by atoms with Crippen molar-refractivity contribution < 1.29 is 18.0 Å². The zero-order chi connectivity index (χ0) is 25.6. The summed E-state index contributed by atoms with van der Waals surface area (Å²) in [5, 5.41) is 3.93. The van der Waals surface area contributed by atoms with Crippen LogP contribution in [0.5, 0.6) is 0 Å². The van der Waals surface area contributed by atoms with Gasteiger partial charge in [0.05, 0.1) is 22.0 Å². The second-order valence-corrected chi connectivity index (χ2v) is 11.3. The molecule has 34 heavy (non-hydrogen) atoms. The largest absolute Gasteiger partial charge is 0.352 e. The molecule has 0 unspecified atom stereocenters. The van der Waals surface area contributed by atoms with Crippen molar-refractivity contribution in [2.75, 3.05) is 17.1 Å². The molecule has 0 aliphatic carbocycles. The Morgan fingerprint density at radius 1 is 1.00 bits per heavy atom. The van der Waals surface area contributed by atoms with Gasteiger partial charge in [0.25, 0.3) is 0 Å². The molecule has 0 saturated carbocycles. The van der Waals surface area contributed by atoms with Crippen molar-refractivity contribution in [1.82, 2.24) is 10.2 Å². The third-order valence-electron chi connectivity index (χ3n) is 4.95. The van der Waals surface area contributed by atoms with E-state index < -0.39 is 28.5 Å². The van der Waals surface area contributed by atoms with Crippen LogP contribution in [0, 0.1) is 0 Å². The maximum absolute atomic E-state index is 13.5. The van der Waals surface area contributed by atoms with Gasteiger partial charge in [-0.25, -0.2) is 8.42 Å². The number of benzene rings is 2. The van der Waals surface area contributed by atoms with E-state index in [1.165, 1.54) is 29.2 Å². The molecule has 11 heteroatoms. The zero-order valence-electron chi connectivity index (χ0n) is 19.4. The number of nitrogens with one attached hydrogen (secondary N) is 1. The van der Waals surface area contributed by atoms with Gasteiger partial charge < -0.3 is 10.2 Å². The highest BCUT2D eigenvalue weighted by atomic mass is 35.5. The zero-order valence-corrected chi connectivity index (χ0v) is 22.5. The Hall–Kier alpha value is -2.00. The van der Waals surface area contributed by atoms with Crippen LogP contribution in [0.2, 0.25) is 15.1 Å². The SMILES string of the molecule is CC[C@@H](C(=O)NC(C)C)N(Cc1ccc(Cl)c(Cl)c1)C(=O)CN(c1ccc(Cl)cc1)S(C)(=O)=O. The molecule has 2 rings (SSSR count). The molecule has 0 aromatic heterocycles. The second-order valence-electron chi connectivity index (χ2n) is 8.10. The minimum absolute atomic E-state index is 0.0396. The molecule has 0 spiro atoms. The van der Waals surface area contributed by atoms with Crippen molar-refractivity contribution in [2.45, 2.75) is 45.8 Å². The molecule has 1 N–H and O–H groups in total. The number of carbonyl (C=O) groups excluding carboxylic acids is 2. The highest BCUT2D eigenvalue weighted by Gasteiger charge is 2.32. The summed E-state index contributed by atoms with van der Waals surface area (Å²) in [6.45, 7) is 4.97. The van der Waals surface area contributed by atoms with Gasteiger partial charge in [-0.3, -0.25) is 13.9 Å². The first-order chi connectivity index (χ1) is 15.8. The molecule has 2 aromatic rings. The van der Waals surface area contributed by atoms with Crippen LogP contribution < -0.4 is 9.62 Å². The Labute approximate surface area is 216 Å². The first-order valence-electron chi connectivity index (χ1n) is 10.6. The molecule has 0 aliphatic rings. The highest BCUT2D eigenvalue weighted by molar-refractivity contribution is 7.92. The van der Waals surface area contributed by atoms with Crippen molar-refractivity contribution in [1.29, 1.82) is 0 Å². The van der Waals surface area contributed by atoms with Gasteiger partial charge in [0.15, 0.2) is 0 Å². The van der Waals surface area contributed by atoms with Gasteiger partial charge in [-0.15, -0.1) is 0 Å². The van der Waals surface area contributed by atoms with Crippen LogP contribution in [0.1, 0.15) is 32.8 Å². The molecular formula is C23H28Cl3N3O4S. The van der Waals surface area contributed by atoms with Gasteiger partial charge >= 0.3 is 0 Å². The number of hydrogen-bond acceptors (Lipinski definition) is 4. The predicted molar refractivity (Wildman–Crippen MR) is 138 cm³/mol. The van der Waals surface area contributed by atoms with Crippen LogP contribution in [0.4, 0.5) is 5.69 Å². The minimum Gasteiger partial charge on any atom is -0.352 e. The molecule has 0 radical (unpaired) electrons. The number of nitrogens with zero attached hydrogens (tertiary/aromatic N) is 2. The summed E-state index contributed by atoms with van der Waals surface area (Å²) in [5.74, 6) is -0.875.